The Hall–Kier alpha value is -1.81. The number of rotatable bonds is 9. The molecular weight excluding hydrogens is 671 g/mol. The maximum absolute atomic E-state index is 17.4. The molecule has 0 spiro atoms. The van der Waals surface area contributed by atoms with Crippen molar-refractivity contribution in [3.05, 3.63) is 23.8 Å². The average molecular weight is 719 g/mol. The number of carbonyl (C=O) groups is 2. The van der Waals surface area contributed by atoms with E-state index in [4.69, 9.17) is 18.9 Å². The molecule has 10 N–H and O–H groups in total. The number of halogens is 1. The van der Waals surface area contributed by atoms with Gasteiger partial charge in [0.15, 0.2) is 29.1 Å². The van der Waals surface area contributed by atoms with E-state index in [0.29, 0.717) is 12.0 Å². The Labute approximate surface area is 286 Å². The second kappa shape index (κ2) is 12.9. The lowest BCUT2D eigenvalue weighted by Gasteiger charge is -2.62. The highest BCUT2D eigenvalue weighted by molar-refractivity contribution is 6.01. The van der Waals surface area contributed by atoms with Crippen molar-refractivity contribution in [2.45, 2.75) is 118 Å². The molecule has 3 saturated carbocycles. The number of aliphatic hydroxyl groups is 10. The summed E-state index contributed by atoms with van der Waals surface area (Å²) in [6.45, 7) is -0.774. The van der Waals surface area contributed by atoms with Crippen molar-refractivity contribution < 1.29 is 84.0 Å². The number of allylic oxidation sites excluding steroid dienone is 4. The van der Waals surface area contributed by atoms with E-state index in [9.17, 15) is 60.7 Å². The molecule has 2 aliphatic heterocycles. The summed E-state index contributed by atoms with van der Waals surface area (Å²) in [6, 6.07) is 0. The summed E-state index contributed by atoms with van der Waals surface area (Å²) >= 11 is 0. The number of ether oxygens (including phenoxy) is 4. The number of hydrogen-bond acceptors (Lipinski definition) is 16. The van der Waals surface area contributed by atoms with Crippen molar-refractivity contribution in [2.24, 2.45) is 22.7 Å². The molecule has 50 heavy (non-hydrogen) atoms. The van der Waals surface area contributed by atoms with Gasteiger partial charge in [-0.1, -0.05) is 18.6 Å². The maximum Gasteiger partial charge on any atom is 0.222 e. The van der Waals surface area contributed by atoms with Crippen LogP contribution in [0.3, 0.4) is 0 Å². The van der Waals surface area contributed by atoms with Gasteiger partial charge in [-0.2, -0.15) is 0 Å². The Morgan fingerprint density at radius 2 is 1.66 bits per heavy atom. The number of Topliss-reactive ketones (excluding diaryl/α,β-unsaturated/α-hetero) is 1. The van der Waals surface area contributed by atoms with Crippen LogP contribution >= 0.6 is 0 Å². The third-order valence-electron chi connectivity index (χ3n) is 12.8. The highest BCUT2D eigenvalue weighted by Gasteiger charge is 2.76. The van der Waals surface area contributed by atoms with Crippen LogP contribution in [0.25, 0.3) is 0 Å². The van der Waals surface area contributed by atoms with E-state index in [2.05, 4.69) is 0 Å². The van der Waals surface area contributed by atoms with E-state index in [1.807, 2.05) is 0 Å². The van der Waals surface area contributed by atoms with Gasteiger partial charge in [0.05, 0.1) is 25.4 Å². The Morgan fingerprint density at radius 3 is 2.30 bits per heavy atom. The lowest BCUT2D eigenvalue weighted by Crippen LogP contribution is -2.70. The van der Waals surface area contributed by atoms with Crippen molar-refractivity contribution in [2.75, 3.05) is 26.4 Å². The van der Waals surface area contributed by atoms with E-state index < -0.39 is 140 Å². The van der Waals surface area contributed by atoms with E-state index >= 15 is 4.39 Å². The van der Waals surface area contributed by atoms with Gasteiger partial charge in [0.25, 0.3) is 0 Å². The molecule has 2 heterocycles. The number of alkyl halides is 1. The molecule has 4 unspecified atom stereocenters. The topological polar surface area (TPSA) is 273 Å². The third kappa shape index (κ3) is 5.09. The largest absolute Gasteiger partial charge is 0.394 e. The first-order chi connectivity index (χ1) is 23.4. The van der Waals surface area contributed by atoms with Crippen LogP contribution < -0.4 is 0 Å². The summed E-state index contributed by atoms with van der Waals surface area (Å²) < 4.78 is 39.6. The van der Waals surface area contributed by atoms with Gasteiger partial charge in [-0.15, -0.1) is 0 Å². The molecular formula is C33H47FO16. The predicted octanol–water partition coefficient (Wildman–Crippen LogP) is -3.73. The van der Waals surface area contributed by atoms with Gasteiger partial charge in [-0.3, -0.25) is 9.59 Å². The zero-order valence-electron chi connectivity index (χ0n) is 27.6. The van der Waals surface area contributed by atoms with Crippen molar-refractivity contribution in [1.82, 2.24) is 0 Å². The monoisotopic (exact) mass is 718 g/mol. The fourth-order valence-electron chi connectivity index (χ4n) is 9.81. The van der Waals surface area contributed by atoms with Gasteiger partial charge < -0.3 is 70.0 Å². The molecule has 0 amide bonds. The van der Waals surface area contributed by atoms with Crippen LogP contribution in [0.5, 0.6) is 0 Å². The molecule has 282 valence electrons. The van der Waals surface area contributed by atoms with Crippen molar-refractivity contribution in [1.29, 1.82) is 0 Å². The molecule has 0 aromatic carbocycles. The first-order valence-corrected chi connectivity index (χ1v) is 16.8. The first-order valence-electron chi connectivity index (χ1n) is 16.8. The van der Waals surface area contributed by atoms with Gasteiger partial charge in [0, 0.05) is 16.7 Å². The summed E-state index contributed by atoms with van der Waals surface area (Å²) in [4.78, 5) is 26.1. The second-order valence-corrected chi connectivity index (χ2v) is 15.0. The Bertz CT molecular complexity index is 1410. The third-order valence-corrected chi connectivity index (χ3v) is 12.8. The summed E-state index contributed by atoms with van der Waals surface area (Å²) in [5.74, 6) is -5.63. The minimum absolute atomic E-state index is 0.176. The van der Waals surface area contributed by atoms with Crippen LogP contribution in [0.4, 0.5) is 4.39 Å². The molecule has 4 aliphatic carbocycles. The normalized spacial score (nSPS) is 53.1. The molecule has 0 bridgehead atoms. The number of ketones is 2. The highest BCUT2D eigenvalue weighted by Crippen LogP contribution is 2.69. The number of carbonyl (C=O) groups excluding carboxylic acids is 2. The Kier molecular flexibility index (Phi) is 9.82. The molecule has 17 atom stereocenters. The van der Waals surface area contributed by atoms with Crippen LogP contribution in [0.2, 0.25) is 0 Å². The van der Waals surface area contributed by atoms with E-state index in [1.165, 1.54) is 25.2 Å². The number of aliphatic hydroxyl groups excluding tert-OH is 9. The lowest BCUT2D eigenvalue weighted by molar-refractivity contribution is -0.319. The first kappa shape index (κ1) is 37.9. The minimum atomic E-state index is -2.60. The van der Waals surface area contributed by atoms with E-state index in [0.717, 1.165) is 0 Å². The summed E-state index contributed by atoms with van der Waals surface area (Å²) in [5.41, 5.74) is -7.28. The standard InChI is InChI=1S/C33H47FO16/c1-29-6-5-15(38)7-14(29)3-4-16-17-8-20(39)33(46,30(17,2)9-21(40)32(16,29)34)22(41)12-47-31(13-37)27(45)26(19(11-36)50-31)49-28-25(44)24(43)23(42)18(10-35)48-28/h5-7,16-21,23-28,35-37,39-40,42-46H,3-4,8-13H2,1-2H3/t16-,17-,18?,19+,20+,21-,23-,24+,25?,26-,27?,28-,29-,30-,31?,32-,33-/m0/s1. The van der Waals surface area contributed by atoms with Crippen molar-refractivity contribution in [3.63, 3.8) is 0 Å². The van der Waals surface area contributed by atoms with Gasteiger partial charge >= 0.3 is 0 Å². The summed E-state index contributed by atoms with van der Waals surface area (Å²) in [5, 5.41) is 107. The average Bonchev–Trinajstić information content (AvgIpc) is 3.47. The van der Waals surface area contributed by atoms with Gasteiger partial charge in [-0.25, -0.2) is 4.39 Å². The van der Waals surface area contributed by atoms with Crippen molar-refractivity contribution in [3.8, 4) is 0 Å². The fraction of sp³-hybridized carbons (Fsp3) is 0.818. The summed E-state index contributed by atoms with van der Waals surface area (Å²) in [6.07, 6.45) is -13.3. The molecule has 0 aromatic rings. The van der Waals surface area contributed by atoms with E-state index in [-0.39, 0.29) is 18.6 Å². The molecule has 16 nitrogen and oxygen atoms in total. The minimum Gasteiger partial charge on any atom is -0.394 e. The van der Waals surface area contributed by atoms with Crippen LogP contribution in [0.1, 0.15) is 39.5 Å². The molecule has 0 aromatic heterocycles. The number of fused-ring (bicyclic) bond motifs is 5. The fourth-order valence-corrected chi connectivity index (χ4v) is 9.81. The van der Waals surface area contributed by atoms with Crippen LogP contribution in [0, 0.1) is 22.7 Å². The SMILES string of the molecule is C[C@]12C=CC(=O)C=C1CC[C@H]1[C@@H]3C[C@@H](O)[C@](O)(C(=O)COC4(CO)O[C@H](CO)[C@H](O[C@@H]5OC(CO)[C@H](O)[C@@H](O)C5O)C4O)[C@@]3(C)C[C@H](O)[C@@]12F. The molecule has 0 radical (unpaired) electrons. The molecule has 6 aliphatic rings. The van der Waals surface area contributed by atoms with E-state index in [1.54, 1.807) is 6.92 Å². The van der Waals surface area contributed by atoms with Crippen LogP contribution in [0.15, 0.2) is 23.8 Å². The zero-order chi connectivity index (χ0) is 36.8. The smallest absolute Gasteiger partial charge is 0.222 e. The summed E-state index contributed by atoms with van der Waals surface area (Å²) in [7, 11) is 0. The second-order valence-electron chi connectivity index (χ2n) is 15.0. The lowest BCUT2D eigenvalue weighted by atomic mass is 9.44. The van der Waals surface area contributed by atoms with Crippen molar-refractivity contribution >= 4 is 11.6 Å². The molecule has 2 saturated heterocycles. The zero-order valence-corrected chi connectivity index (χ0v) is 27.6. The van der Waals surface area contributed by atoms with Crippen LogP contribution in [-0.2, 0) is 28.5 Å². The van der Waals surface area contributed by atoms with Gasteiger partial charge in [-0.05, 0) is 50.7 Å². The van der Waals surface area contributed by atoms with Gasteiger partial charge in [0.1, 0.15) is 55.9 Å². The molecule has 6 rings (SSSR count). The Morgan fingerprint density at radius 1 is 0.980 bits per heavy atom. The Balaban J connectivity index is 1.21. The maximum atomic E-state index is 17.4. The number of hydrogen-bond donors (Lipinski definition) is 10. The quantitative estimate of drug-likeness (QED) is 0.110. The predicted molar refractivity (Wildman–Crippen MR) is 162 cm³/mol. The molecule has 17 heteroatoms. The molecule has 5 fully saturated rings. The highest BCUT2D eigenvalue weighted by atomic mass is 19.1. The van der Waals surface area contributed by atoms with Gasteiger partial charge in [0.2, 0.25) is 5.79 Å². The van der Waals surface area contributed by atoms with Crippen LogP contribution in [-0.4, -0.2) is 167 Å².